The second-order valence-corrected chi connectivity index (χ2v) is 10.2. The quantitative estimate of drug-likeness (QED) is 0.329. The molecule has 0 aromatic heterocycles. The highest BCUT2D eigenvalue weighted by molar-refractivity contribution is 7.85. The molecule has 0 aliphatic carbocycles. The summed E-state index contributed by atoms with van der Waals surface area (Å²) in [4.78, 5) is 11.5. The van der Waals surface area contributed by atoms with E-state index in [-0.39, 0.29) is 23.8 Å². The molecule has 0 fully saturated rings. The van der Waals surface area contributed by atoms with Gasteiger partial charge in [0.2, 0.25) is 0 Å². The molecular formula is C28H28FNO3S. The Morgan fingerprint density at radius 2 is 1.79 bits per heavy atom. The first-order valence-corrected chi connectivity index (χ1v) is 12.6. The highest BCUT2D eigenvalue weighted by Gasteiger charge is 2.36. The van der Waals surface area contributed by atoms with Gasteiger partial charge in [0.05, 0.1) is 23.1 Å². The van der Waals surface area contributed by atoms with E-state index in [4.69, 9.17) is 0 Å². The normalized spacial score (nSPS) is 15.5. The van der Waals surface area contributed by atoms with E-state index < -0.39 is 16.8 Å². The van der Waals surface area contributed by atoms with E-state index >= 15 is 0 Å². The Morgan fingerprint density at radius 3 is 2.35 bits per heavy atom. The minimum absolute atomic E-state index is 0.0165. The van der Waals surface area contributed by atoms with Crippen LogP contribution >= 0.6 is 0 Å². The van der Waals surface area contributed by atoms with Crippen LogP contribution in [0.3, 0.4) is 0 Å². The van der Waals surface area contributed by atoms with Gasteiger partial charge in [-0.1, -0.05) is 36.4 Å². The van der Waals surface area contributed by atoms with E-state index in [1.54, 1.807) is 12.3 Å². The molecule has 0 saturated heterocycles. The van der Waals surface area contributed by atoms with Crippen molar-refractivity contribution in [1.82, 2.24) is 0 Å². The smallest absolute Gasteiger partial charge is 0.153 e. The molecule has 0 bridgehead atoms. The second-order valence-electron chi connectivity index (χ2n) is 8.94. The van der Waals surface area contributed by atoms with Crippen LogP contribution < -0.4 is 4.31 Å². The number of hydrogen-bond donors (Lipinski definition) is 1. The van der Waals surface area contributed by atoms with Gasteiger partial charge in [-0.05, 0) is 78.8 Å². The van der Waals surface area contributed by atoms with E-state index in [1.807, 2.05) is 56.3 Å². The summed E-state index contributed by atoms with van der Waals surface area (Å²) in [6.07, 6.45) is 2.37. The van der Waals surface area contributed by atoms with Crippen LogP contribution in [0.4, 0.5) is 10.1 Å². The maximum absolute atomic E-state index is 14.9. The minimum Gasteiger partial charge on any atom is -0.513 e. The average Bonchev–Trinajstić information content (AvgIpc) is 2.77. The van der Waals surface area contributed by atoms with Crippen LogP contribution in [0.1, 0.15) is 51.1 Å². The molecule has 2 atom stereocenters. The SMILES string of the molecule is C=C(O)Cc1c(C)c2c(c(C)c1-c1ccc(C)cc1)-c1cc(F)c(C=O)cc1[C@@H](C)N2S(C)=O. The fourth-order valence-corrected chi connectivity index (χ4v) is 6.16. The van der Waals surface area contributed by atoms with E-state index in [2.05, 4.69) is 6.58 Å². The first-order valence-electron chi connectivity index (χ1n) is 11.1. The van der Waals surface area contributed by atoms with Crippen molar-refractivity contribution >= 4 is 23.0 Å². The van der Waals surface area contributed by atoms with Gasteiger partial charge in [-0.15, -0.1) is 0 Å². The van der Waals surface area contributed by atoms with Crippen molar-refractivity contribution in [3.8, 4) is 22.3 Å². The van der Waals surface area contributed by atoms with Crippen LogP contribution in [-0.4, -0.2) is 21.9 Å². The molecule has 176 valence electrons. The molecule has 0 radical (unpaired) electrons. The lowest BCUT2D eigenvalue weighted by molar-refractivity contribution is 0.111. The monoisotopic (exact) mass is 477 g/mol. The van der Waals surface area contributed by atoms with Crippen molar-refractivity contribution in [2.75, 3.05) is 10.6 Å². The minimum atomic E-state index is -1.39. The van der Waals surface area contributed by atoms with Gasteiger partial charge in [0.1, 0.15) is 16.8 Å². The number of allylic oxidation sites excluding steroid dienone is 1. The molecular weight excluding hydrogens is 449 g/mol. The largest absolute Gasteiger partial charge is 0.513 e. The van der Waals surface area contributed by atoms with Crippen LogP contribution in [0.2, 0.25) is 0 Å². The summed E-state index contributed by atoms with van der Waals surface area (Å²) in [6, 6.07) is 10.8. The number of aliphatic hydroxyl groups excluding tert-OH is 1. The van der Waals surface area contributed by atoms with Crippen LogP contribution in [0.15, 0.2) is 48.7 Å². The number of carbonyl (C=O) groups is 1. The standard InChI is InChI=1S/C28H28FNO3S/c1-15-7-9-20(10-8-15)26-18(4)27-24-13-25(29)21(14-31)12-23(24)19(5)30(34(6)33)28(27)17(3)22(26)11-16(2)32/h7-10,12-14,19,32H,2,11H2,1,3-6H3/t19-,34?/m1/s1. The summed E-state index contributed by atoms with van der Waals surface area (Å²) in [5.41, 5.74) is 8.65. The Balaban J connectivity index is 2.19. The number of rotatable bonds is 5. The summed E-state index contributed by atoms with van der Waals surface area (Å²) in [7, 11) is -1.39. The third-order valence-electron chi connectivity index (χ3n) is 6.68. The van der Waals surface area contributed by atoms with Crippen molar-refractivity contribution in [2.45, 2.75) is 40.2 Å². The number of aryl methyl sites for hydroxylation is 1. The van der Waals surface area contributed by atoms with Gasteiger partial charge in [0.25, 0.3) is 0 Å². The Labute approximate surface area is 202 Å². The number of hydrogen-bond acceptors (Lipinski definition) is 3. The van der Waals surface area contributed by atoms with Crippen molar-refractivity contribution < 1.29 is 18.5 Å². The Bertz CT molecular complexity index is 1360. The van der Waals surface area contributed by atoms with E-state index in [0.717, 1.165) is 50.2 Å². The van der Waals surface area contributed by atoms with Crippen molar-refractivity contribution in [2.24, 2.45) is 0 Å². The lowest BCUT2D eigenvalue weighted by Gasteiger charge is -2.40. The van der Waals surface area contributed by atoms with E-state index in [1.165, 1.54) is 6.07 Å². The number of aliphatic hydroxyl groups is 1. The average molecular weight is 478 g/mol. The van der Waals surface area contributed by atoms with Crippen LogP contribution in [0, 0.1) is 26.6 Å². The van der Waals surface area contributed by atoms with E-state index in [0.29, 0.717) is 11.8 Å². The number of benzene rings is 3. The van der Waals surface area contributed by atoms with Gasteiger partial charge >= 0.3 is 0 Å². The number of anilines is 1. The molecule has 6 heteroatoms. The second kappa shape index (κ2) is 8.84. The van der Waals surface area contributed by atoms with Crippen molar-refractivity contribution in [3.63, 3.8) is 0 Å². The summed E-state index contributed by atoms with van der Waals surface area (Å²) < 4.78 is 29.7. The molecule has 4 nitrogen and oxygen atoms in total. The molecule has 1 aliphatic heterocycles. The number of fused-ring (bicyclic) bond motifs is 3. The predicted molar refractivity (Wildman–Crippen MR) is 137 cm³/mol. The zero-order valence-electron chi connectivity index (χ0n) is 20.0. The van der Waals surface area contributed by atoms with Crippen molar-refractivity contribution in [1.29, 1.82) is 0 Å². The molecule has 0 amide bonds. The van der Waals surface area contributed by atoms with Gasteiger partial charge in [0.15, 0.2) is 6.29 Å². The zero-order valence-corrected chi connectivity index (χ0v) is 20.8. The molecule has 4 rings (SSSR count). The summed E-state index contributed by atoms with van der Waals surface area (Å²) in [5.74, 6) is -0.550. The number of nitrogens with zero attached hydrogens (tertiary/aromatic N) is 1. The molecule has 0 saturated carbocycles. The number of halogens is 1. The maximum atomic E-state index is 14.9. The third kappa shape index (κ3) is 3.76. The van der Waals surface area contributed by atoms with Gasteiger partial charge in [-0.2, -0.15) is 0 Å². The van der Waals surface area contributed by atoms with E-state index in [9.17, 15) is 18.5 Å². The molecule has 1 N–H and O–H groups in total. The topological polar surface area (TPSA) is 57.6 Å². The number of aldehydes is 1. The molecule has 3 aromatic carbocycles. The van der Waals surface area contributed by atoms with Gasteiger partial charge in [-0.3, -0.25) is 9.10 Å². The molecule has 3 aromatic rings. The lowest BCUT2D eigenvalue weighted by atomic mass is 9.79. The lowest BCUT2D eigenvalue weighted by Crippen LogP contribution is -2.33. The van der Waals surface area contributed by atoms with Crippen molar-refractivity contribution in [3.05, 3.63) is 87.9 Å². The fraction of sp³-hybridized carbons (Fsp3) is 0.250. The molecule has 1 aliphatic rings. The molecule has 1 heterocycles. The fourth-order valence-electron chi connectivity index (χ4n) is 5.12. The molecule has 34 heavy (non-hydrogen) atoms. The Hall–Kier alpha value is -3.25. The van der Waals surface area contributed by atoms with Crippen LogP contribution in [0.5, 0.6) is 0 Å². The molecule has 1 unspecified atom stereocenters. The highest BCUT2D eigenvalue weighted by atomic mass is 32.2. The summed E-state index contributed by atoms with van der Waals surface area (Å²) in [6.45, 7) is 11.6. The highest BCUT2D eigenvalue weighted by Crippen LogP contribution is 2.52. The van der Waals surface area contributed by atoms with Gasteiger partial charge in [-0.25, -0.2) is 8.60 Å². The summed E-state index contributed by atoms with van der Waals surface area (Å²) in [5, 5.41) is 10.2. The molecule has 0 spiro atoms. The Morgan fingerprint density at radius 1 is 1.15 bits per heavy atom. The first-order chi connectivity index (χ1) is 16.1. The van der Waals surface area contributed by atoms with Gasteiger partial charge < -0.3 is 5.11 Å². The predicted octanol–water partition coefficient (Wildman–Crippen LogP) is 6.69. The summed E-state index contributed by atoms with van der Waals surface area (Å²) >= 11 is 0. The zero-order chi connectivity index (χ0) is 24.9. The number of carbonyl (C=O) groups excluding carboxylic acids is 1. The van der Waals surface area contributed by atoms with Crippen LogP contribution in [-0.2, 0) is 17.4 Å². The van der Waals surface area contributed by atoms with Gasteiger partial charge in [0, 0.05) is 18.2 Å². The Kier molecular flexibility index (Phi) is 6.21. The maximum Gasteiger partial charge on any atom is 0.153 e. The third-order valence-corrected chi connectivity index (χ3v) is 7.73. The first kappa shape index (κ1) is 23.9. The van der Waals surface area contributed by atoms with Crippen LogP contribution in [0.25, 0.3) is 22.3 Å².